The Bertz CT molecular complexity index is 663. The van der Waals surface area contributed by atoms with Crippen molar-refractivity contribution in [1.82, 2.24) is 10.2 Å². The molecule has 8 heteroatoms. The molecule has 0 saturated carbocycles. The Hall–Kier alpha value is -2.19. The van der Waals surface area contributed by atoms with Gasteiger partial charge in [0.25, 0.3) is 5.91 Å². The highest BCUT2D eigenvalue weighted by atomic mass is 32.1. The zero-order chi connectivity index (χ0) is 17.0. The SMILES string of the molecule is CN(C)CCN=CC1C(=O)NC(=S)N(c2ccccc2F)C1=O. The molecule has 0 radical (unpaired) electrons. The van der Waals surface area contributed by atoms with E-state index in [1.54, 1.807) is 6.07 Å². The number of amides is 2. The minimum absolute atomic E-state index is 0.00851. The van der Waals surface area contributed by atoms with Crippen LogP contribution in [0.15, 0.2) is 29.3 Å². The van der Waals surface area contributed by atoms with Gasteiger partial charge in [0.05, 0.1) is 12.2 Å². The number of benzene rings is 1. The number of para-hydroxylation sites is 1. The zero-order valence-corrected chi connectivity index (χ0v) is 13.6. The highest BCUT2D eigenvalue weighted by Gasteiger charge is 2.39. The molecule has 2 rings (SSSR count). The summed E-state index contributed by atoms with van der Waals surface area (Å²) in [6, 6.07) is 5.75. The third-order valence-electron chi connectivity index (χ3n) is 3.23. The molecule has 23 heavy (non-hydrogen) atoms. The molecule has 1 aromatic carbocycles. The predicted octanol–water partition coefficient (Wildman–Crippen LogP) is 0.822. The van der Waals surface area contributed by atoms with Crippen molar-refractivity contribution in [3.05, 3.63) is 30.1 Å². The fourth-order valence-electron chi connectivity index (χ4n) is 2.02. The molecule has 0 aromatic heterocycles. The Morgan fingerprint density at radius 1 is 1.39 bits per heavy atom. The van der Waals surface area contributed by atoms with E-state index in [9.17, 15) is 14.0 Å². The van der Waals surface area contributed by atoms with Crippen molar-refractivity contribution in [2.24, 2.45) is 10.9 Å². The average Bonchev–Trinajstić information content (AvgIpc) is 2.47. The van der Waals surface area contributed by atoms with Crippen LogP contribution < -0.4 is 10.2 Å². The summed E-state index contributed by atoms with van der Waals surface area (Å²) >= 11 is 5.00. The summed E-state index contributed by atoms with van der Waals surface area (Å²) in [5.41, 5.74) is 0.00851. The molecule has 0 bridgehead atoms. The van der Waals surface area contributed by atoms with Crippen molar-refractivity contribution in [3.63, 3.8) is 0 Å². The molecule has 1 N–H and O–H groups in total. The number of nitrogens with one attached hydrogen (secondary N) is 1. The molecule has 1 fully saturated rings. The molecule has 1 heterocycles. The number of nitrogens with zero attached hydrogens (tertiary/aromatic N) is 3. The van der Waals surface area contributed by atoms with E-state index >= 15 is 0 Å². The topological polar surface area (TPSA) is 65.0 Å². The maximum Gasteiger partial charge on any atom is 0.251 e. The van der Waals surface area contributed by atoms with Crippen LogP contribution in [0.3, 0.4) is 0 Å². The Labute approximate surface area is 139 Å². The van der Waals surface area contributed by atoms with Gasteiger partial charge in [-0.2, -0.15) is 0 Å². The van der Waals surface area contributed by atoms with Gasteiger partial charge in [-0.1, -0.05) is 12.1 Å². The first-order chi connectivity index (χ1) is 10.9. The van der Waals surface area contributed by atoms with Crippen LogP contribution in [0.2, 0.25) is 0 Å². The number of anilines is 1. The molecule has 1 aliphatic rings. The first-order valence-corrected chi connectivity index (χ1v) is 7.40. The van der Waals surface area contributed by atoms with Crippen LogP contribution in [0, 0.1) is 11.7 Å². The second-order valence-corrected chi connectivity index (χ2v) is 5.64. The summed E-state index contributed by atoms with van der Waals surface area (Å²) in [6.07, 6.45) is 1.29. The van der Waals surface area contributed by atoms with Crippen LogP contribution in [0.4, 0.5) is 10.1 Å². The van der Waals surface area contributed by atoms with Crippen LogP contribution in [0.25, 0.3) is 0 Å². The van der Waals surface area contributed by atoms with Crippen LogP contribution >= 0.6 is 12.2 Å². The van der Waals surface area contributed by atoms with Gasteiger partial charge in [-0.25, -0.2) is 4.39 Å². The number of carbonyl (C=O) groups is 2. The Morgan fingerprint density at radius 2 is 2.09 bits per heavy atom. The first-order valence-electron chi connectivity index (χ1n) is 7.00. The third kappa shape index (κ3) is 3.96. The van der Waals surface area contributed by atoms with Gasteiger partial charge in [0.1, 0.15) is 5.82 Å². The number of aliphatic imine (C=N–C) groups is 1. The highest BCUT2D eigenvalue weighted by Crippen LogP contribution is 2.23. The van der Waals surface area contributed by atoms with Crippen molar-refractivity contribution >= 4 is 41.0 Å². The van der Waals surface area contributed by atoms with E-state index < -0.39 is 23.5 Å². The second-order valence-electron chi connectivity index (χ2n) is 5.26. The lowest BCUT2D eigenvalue weighted by Gasteiger charge is -2.31. The van der Waals surface area contributed by atoms with Gasteiger partial charge in [0, 0.05) is 12.8 Å². The molecule has 122 valence electrons. The maximum atomic E-state index is 13.9. The normalized spacial score (nSPS) is 18.9. The van der Waals surface area contributed by atoms with E-state index in [2.05, 4.69) is 10.3 Å². The molecular formula is C15H17FN4O2S. The highest BCUT2D eigenvalue weighted by molar-refractivity contribution is 7.80. The summed E-state index contributed by atoms with van der Waals surface area (Å²) < 4.78 is 13.9. The zero-order valence-electron chi connectivity index (χ0n) is 12.8. The van der Waals surface area contributed by atoms with E-state index in [0.717, 1.165) is 4.90 Å². The van der Waals surface area contributed by atoms with E-state index in [1.807, 2.05) is 19.0 Å². The molecular weight excluding hydrogens is 319 g/mol. The number of likely N-dealkylation sites (N-methyl/N-ethyl adjacent to an activating group) is 1. The fourth-order valence-corrected chi connectivity index (χ4v) is 2.31. The van der Waals surface area contributed by atoms with Crippen LogP contribution in [-0.2, 0) is 9.59 Å². The molecule has 6 nitrogen and oxygen atoms in total. The van der Waals surface area contributed by atoms with Crippen molar-refractivity contribution in [2.45, 2.75) is 0 Å². The minimum atomic E-state index is -1.12. The Morgan fingerprint density at radius 3 is 2.74 bits per heavy atom. The largest absolute Gasteiger partial charge is 0.308 e. The van der Waals surface area contributed by atoms with Gasteiger partial charge >= 0.3 is 0 Å². The molecule has 1 saturated heterocycles. The van der Waals surface area contributed by atoms with Crippen LogP contribution in [0.1, 0.15) is 0 Å². The van der Waals surface area contributed by atoms with E-state index in [4.69, 9.17) is 12.2 Å². The smallest absolute Gasteiger partial charge is 0.251 e. The van der Waals surface area contributed by atoms with Crippen LogP contribution in [-0.4, -0.2) is 55.2 Å². The van der Waals surface area contributed by atoms with Crippen molar-refractivity contribution in [3.8, 4) is 0 Å². The minimum Gasteiger partial charge on any atom is -0.308 e. The van der Waals surface area contributed by atoms with Crippen molar-refractivity contribution in [2.75, 3.05) is 32.1 Å². The number of rotatable bonds is 5. The van der Waals surface area contributed by atoms with E-state index in [1.165, 1.54) is 24.4 Å². The lowest BCUT2D eigenvalue weighted by Crippen LogP contribution is -2.58. The number of halogens is 1. The van der Waals surface area contributed by atoms with Gasteiger partial charge in [-0.05, 0) is 38.4 Å². The number of carbonyl (C=O) groups excluding carboxylic acids is 2. The van der Waals surface area contributed by atoms with Crippen molar-refractivity contribution < 1.29 is 14.0 Å². The van der Waals surface area contributed by atoms with Gasteiger partial charge in [0.2, 0.25) is 5.91 Å². The van der Waals surface area contributed by atoms with Gasteiger partial charge in [-0.3, -0.25) is 19.5 Å². The standard InChI is InChI=1S/C15H17FN4O2S/c1-19(2)8-7-17-9-10-13(21)18-15(23)20(14(10)22)12-6-4-3-5-11(12)16/h3-6,9-10H,7-8H2,1-2H3,(H,18,21,23). The average molecular weight is 336 g/mol. The van der Waals surface area contributed by atoms with Gasteiger partial charge in [0.15, 0.2) is 11.0 Å². The number of hydrogen-bond donors (Lipinski definition) is 1. The van der Waals surface area contributed by atoms with Gasteiger partial charge in [-0.15, -0.1) is 0 Å². The quantitative estimate of drug-likeness (QED) is 0.491. The molecule has 0 spiro atoms. The molecule has 1 atom stereocenters. The maximum absolute atomic E-state index is 13.9. The number of hydrogen-bond acceptors (Lipinski definition) is 5. The lowest BCUT2D eigenvalue weighted by molar-refractivity contribution is -0.130. The summed E-state index contributed by atoms with van der Waals surface area (Å²) in [6.45, 7) is 1.14. The van der Waals surface area contributed by atoms with Crippen LogP contribution in [0.5, 0.6) is 0 Å². The molecule has 1 aromatic rings. The monoisotopic (exact) mass is 336 g/mol. The summed E-state index contributed by atoms with van der Waals surface area (Å²) in [5, 5.41) is 2.28. The van der Waals surface area contributed by atoms with E-state index in [-0.39, 0.29) is 10.8 Å². The Balaban J connectivity index is 2.22. The van der Waals surface area contributed by atoms with E-state index in [0.29, 0.717) is 13.1 Å². The van der Waals surface area contributed by atoms with Gasteiger partial charge < -0.3 is 10.2 Å². The Kier molecular flexibility index (Phi) is 5.51. The number of thiocarbonyl (C=S) groups is 1. The molecule has 1 aliphatic heterocycles. The second kappa shape index (κ2) is 7.38. The predicted molar refractivity (Wildman–Crippen MR) is 90.0 cm³/mol. The summed E-state index contributed by atoms with van der Waals surface area (Å²) in [5.74, 6) is -2.88. The summed E-state index contributed by atoms with van der Waals surface area (Å²) in [4.78, 5) is 31.5. The fraction of sp³-hybridized carbons (Fsp3) is 0.333. The molecule has 1 unspecified atom stereocenters. The molecule has 0 aliphatic carbocycles. The lowest BCUT2D eigenvalue weighted by atomic mass is 10.1. The van der Waals surface area contributed by atoms with Crippen molar-refractivity contribution in [1.29, 1.82) is 0 Å². The third-order valence-corrected chi connectivity index (χ3v) is 3.51. The first kappa shape index (κ1) is 17.2. The summed E-state index contributed by atoms with van der Waals surface area (Å²) in [7, 11) is 3.79. The molecule has 2 amide bonds.